The summed E-state index contributed by atoms with van der Waals surface area (Å²) >= 11 is 0. The molecule has 0 atom stereocenters. The number of nitrogens with one attached hydrogen (secondary N) is 1. The fourth-order valence-electron chi connectivity index (χ4n) is 2.93. The van der Waals surface area contributed by atoms with Crippen LogP contribution < -0.4 is 15.8 Å². The summed E-state index contributed by atoms with van der Waals surface area (Å²) in [6.45, 7) is 1.87. The second kappa shape index (κ2) is 7.44. The van der Waals surface area contributed by atoms with Gasteiger partial charge in [0.1, 0.15) is 18.0 Å². The summed E-state index contributed by atoms with van der Waals surface area (Å²) in [6, 6.07) is 21.8. The van der Waals surface area contributed by atoms with Crippen molar-refractivity contribution in [3.8, 4) is 11.5 Å². The monoisotopic (exact) mass is 374 g/mol. The number of rotatable bonds is 5. The Kier molecular flexibility index (Phi) is 4.68. The third kappa shape index (κ3) is 3.81. The van der Waals surface area contributed by atoms with Gasteiger partial charge in [-0.2, -0.15) is 0 Å². The van der Waals surface area contributed by atoms with Crippen LogP contribution in [-0.2, 0) is 11.3 Å². The van der Waals surface area contributed by atoms with E-state index in [1.54, 1.807) is 48.5 Å². The summed E-state index contributed by atoms with van der Waals surface area (Å²) in [7, 11) is 0. The highest BCUT2D eigenvalue weighted by molar-refractivity contribution is 5.91. The van der Waals surface area contributed by atoms with Crippen LogP contribution in [0.5, 0.6) is 11.5 Å². The SMILES string of the molecule is Cc1cccc(Oc2ccc(NC(=O)Cn3c(=O)oc4ccccc43)cc2)c1. The number of amides is 1. The first kappa shape index (κ1) is 17.6. The first-order valence-electron chi connectivity index (χ1n) is 8.81. The summed E-state index contributed by atoms with van der Waals surface area (Å²) in [4.78, 5) is 24.3. The van der Waals surface area contributed by atoms with Crippen molar-refractivity contribution in [2.75, 3.05) is 5.32 Å². The molecule has 28 heavy (non-hydrogen) atoms. The summed E-state index contributed by atoms with van der Waals surface area (Å²) in [6.07, 6.45) is 0. The average molecular weight is 374 g/mol. The lowest BCUT2D eigenvalue weighted by atomic mass is 10.2. The van der Waals surface area contributed by atoms with Crippen LogP contribution in [0.1, 0.15) is 5.56 Å². The number of nitrogens with zero attached hydrogens (tertiary/aromatic N) is 1. The number of carbonyl (C=O) groups excluding carboxylic acids is 1. The number of carbonyl (C=O) groups is 1. The Morgan fingerprint density at radius 3 is 2.57 bits per heavy atom. The van der Waals surface area contributed by atoms with E-state index in [0.29, 0.717) is 22.5 Å². The number of hydrogen-bond donors (Lipinski definition) is 1. The number of anilines is 1. The molecule has 4 rings (SSSR count). The van der Waals surface area contributed by atoms with Crippen molar-refractivity contribution >= 4 is 22.7 Å². The third-order valence-electron chi connectivity index (χ3n) is 4.24. The molecule has 1 heterocycles. The average Bonchev–Trinajstić information content (AvgIpc) is 2.99. The molecule has 0 aliphatic heterocycles. The molecular formula is C22H18N2O4. The lowest BCUT2D eigenvalue weighted by Gasteiger charge is -2.09. The second-order valence-electron chi connectivity index (χ2n) is 6.41. The fraction of sp³-hybridized carbons (Fsp3) is 0.0909. The number of benzene rings is 3. The summed E-state index contributed by atoms with van der Waals surface area (Å²) < 4.78 is 12.2. The highest BCUT2D eigenvalue weighted by Gasteiger charge is 2.12. The van der Waals surface area contributed by atoms with Gasteiger partial charge in [0.15, 0.2) is 5.58 Å². The number of ether oxygens (including phenoxy) is 1. The van der Waals surface area contributed by atoms with Crippen molar-refractivity contribution in [3.63, 3.8) is 0 Å². The van der Waals surface area contributed by atoms with E-state index in [1.165, 1.54) is 4.57 Å². The standard InChI is InChI=1S/C22H18N2O4/c1-15-5-4-6-18(13-15)27-17-11-9-16(10-12-17)23-21(25)14-24-19-7-2-3-8-20(19)28-22(24)26/h2-13H,14H2,1H3,(H,23,25). The molecule has 4 aromatic rings. The summed E-state index contributed by atoms with van der Waals surface area (Å²) in [5.41, 5.74) is 2.77. The van der Waals surface area contributed by atoms with Crippen LogP contribution in [0.4, 0.5) is 5.69 Å². The highest BCUT2D eigenvalue weighted by atomic mass is 16.5. The first-order chi connectivity index (χ1) is 13.6. The number of aryl methyl sites for hydroxylation is 1. The lowest BCUT2D eigenvalue weighted by Crippen LogP contribution is -2.24. The second-order valence-corrected chi connectivity index (χ2v) is 6.41. The Balaban J connectivity index is 1.43. The zero-order valence-corrected chi connectivity index (χ0v) is 15.2. The molecule has 0 aliphatic rings. The van der Waals surface area contributed by atoms with E-state index in [9.17, 15) is 9.59 Å². The quantitative estimate of drug-likeness (QED) is 0.564. The van der Waals surface area contributed by atoms with Crippen molar-refractivity contribution in [1.82, 2.24) is 4.57 Å². The van der Waals surface area contributed by atoms with E-state index in [2.05, 4.69) is 5.32 Å². The topological polar surface area (TPSA) is 73.5 Å². The number of aromatic nitrogens is 1. The van der Waals surface area contributed by atoms with Gasteiger partial charge in [0.05, 0.1) is 5.52 Å². The van der Waals surface area contributed by atoms with Gasteiger partial charge >= 0.3 is 5.76 Å². The molecule has 1 N–H and O–H groups in total. The van der Waals surface area contributed by atoms with Gasteiger partial charge in [-0.1, -0.05) is 24.3 Å². The Labute approximate surface area is 161 Å². The molecule has 0 radical (unpaired) electrons. The van der Waals surface area contributed by atoms with Gasteiger partial charge in [-0.3, -0.25) is 9.36 Å². The number of para-hydroxylation sites is 2. The molecule has 0 aliphatic carbocycles. The normalized spacial score (nSPS) is 10.8. The van der Waals surface area contributed by atoms with Crippen molar-refractivity contribution in [3.05, 3.63) is 88.9 Å². The van der Waals surface area contributed by atoms with Crippen LogP contribution >= 0.6 is 0 Å². The third-order valence-corrected chi connectivity index (χ3v) is 4.24. The van der Waals surface area contributed by atoms with E-state index < -0.39 is 5.76 Å². The van der Waals surface area contributed by atoms with Crippen LogP contribution in [0.15, 0.2) is 82.0 Å². The van der Waals surface area contributed by atoms with Crippen molar-refractivity contribution in [1.29, 1.82) is 0 Å². The molecule has 3 aromatic carbocycles. The molecule has 0 saturated carbocycles. The van der Waals surface area contributed by atoms with Gasteiger partial charge in [0, 0.05) is 5.69 Å². The molecule has 0 spiro atoms. The Morgan fingerprint density at radius 2 is 1.79 bits per heavy atom. The molecule has 1 amide bonds. The van der Waals surface area contributed by atoms with E-state index in [4.69, 9.17) is 9.15 Å². The largest absolute Gasteiger partial charge is 0.457 e. The minimum absolute atomic E-state index is 0.128. The summed E-state index contributed by atoms with van der Waals surface area (Å²) in [5, 5.41) is 2.78. The highest BCUT2D eigenvalue weighted by Crippen LogP contribution is 2.23. The molecule has 0 fully saturated rings. The Morgan fingerprint density at radius 1 is 1.00 bits per heavy atom. The molecule has 0 unspecified atom stereocenters. The van der Waals surface area contributed by atoms with Crippen molar-refractivity contribution in [2.45, 2.75) is 13.5 Å². The van der Waals surface area contributed by atoms with Crippen LogP contribution in [0.25, 0.3) is 11.1 Å². The Bertz CT molecular complexity index is 1190. The predicted octanol–water partition coefficient (Wildman–Crippen LogP) is 4.33. The maximum atomic E-state index is 12.3. The van der Waals surface area contributed by atoms with Crippen molar-refractivity contribution < 1.29 is 13.9 Å². The predicted molar refractivity (Wildman–Crippen MR) is 107 cm³/mol. The van der Waals surface area contributed by atoms with Gasteiger partial charge in [-0.05, 0) is 61.0 Å². The Hall–Kier alpha value is -3.80. The zero-order valence-electron chi connectivity index (χ0n) is 15.2. The molecule has 0 saturated heterocycles. The molecule has 0 bridgehead atoms. The minimum Gasteiger partial charge on any atom is -0.457 e. The van der Waals surface area contributed by atoms with E-state index in [0.717, 1.165) is 11.3 Å². The zero-order chi connectivity index (χ0) is 19.5. The van der Waals surface area contributed by atoms with Gasteiger partial charge in [-0.15, -0.1) is 0 Å². The van der Waals surface area contributed by atoms with Gasteiger partial charge < -0.3 is 14.5 Å². The van der Waals surface area contributed by atoms with Crippen LogP contribution in [-0.4, -0.2) is 10.5 Å². The smallest absolute Gasteiger partial charge is 0.420 e. The molecular weight excluding hydrogens is 356 g/mol. The van der Waals surface area contributed by atoms with Crippen LogP contribution in [0, 0.1) is 6.92 Å². The molecule has 6 nitrogen and oxygen atoms in total. The number of oxazole rings is 1. The van der Waals surface area contributed by atoms with Gasteiger partial charge in [0.25, 0.3) is 0 Å². The molecule has 6 heteroatoms. The minimum atomic E-state index is -0.557. The molecule has 140 valence electrons. The van der Waals surface area contributed by atoms with Gasteiger partial charge in [0.2, 0.25) is 5.91 Å². The lowest BCUT2D eigenvalue weighted by molar-refractivity contribution is -0.116. The van der Waals surface area contributed by atoms with E-state index in [1.807, 2.05) is 31.2 Å². The van der Waals surface area contributed by atoms with Crippen LogP contribution in [0.2, 0.25) is 0 Å². The van der Waals surface area contributed by atoms with E-state index in [-0.39, 0.29) is 12.5 Å². The summed E-state index contributed by atoms with van der Waals surface area (Å²) in [5.74, 6) is 0.544. The maximum absolute atomic E-state index is 12.3. The maximum Gasteiger partial charge on any atom is 0.420 e. The fourth-order valence-corrected chi connectivity index (χ4v) is 2.93. The van der Waals surface area contributed by atoms with Gasteiger partial charge in [-0.25, -0.2) is 4.79 Å². The number of hydrogen-bond acceptors (Lipinski definition) is 4. The van der Waals surface area contributed by atoms with Crippen molar-refractivity contribution in [2.24, 2.45) is 0 Å². The van der Waals surface area contributed by atoms with Crippen LogP contribution in [0.3, 0.4) is 0 Å². The van der Waals surface area contributed by atoms with E-state index >= 15 is 0 Å². The number of fused-ring (bicyclic) bond motifs is 1. The molecule has 1 aromatic heterocycles. The first-order valence-corrected chi connectivity index (χ1v) is 8.81.